The number of nitro groups is 1. The molecule has 0 aliphatic rings. The number of benzene rings is 1. The Bertz CT molecular complexity index is 583. The Morgan fingerprint density at radius 2 is 2.22 bits per heavy atom. The van der Waals surface area contributed by atoms with Crippen molar-refractivity contribution >= 4 is 38.6 Å². The van der Waals surface area contributed by atoms with Crippen molar-refractivity contribution in [2.75, 3.05) is 5.32 Å². The Balaban J connectivity index is 2.16. The number of nitro benzene ring substituents is 1. The van der Waals surface area contributed by atoms with E-state index in [0.717, 1.165) is 10.2 Å². The monoisotopic (exact) mass is 326 g/mol. The van der Waals surface area contributed by atoms with Crippen molar-refractivity contribution in [1.82, 2.24) is 0 Å². The highest BCUT2D eigenvalue weighted by molar-refractivity contribution is 9.10. The van der Waals surface area contributed by atoms with Gasteiger partial charge in [-0.3, -0.25) is 10.1 Å². The van der Waals surface area contributed by atoms with Crippen LogP contribution in [0.1, 0.15) is 10.4 Å². The van der Waals surface area contributed by atoms with E-state index in [9.17, 15) is 10.1 Å². The summed E-state index contributed by atoms with van der Waals surface area (Å²) in [6, 6.07) is 6.75. The molecule has 0 unspecified atom stereocenters. The normalized spacial score (nSPS) is 10.3. The van der Waals surface area contributed by atoms with E-state index >= 15 is 0 Å². The quantitative estimate of drug-likeness (QED) is 0.671. The lowest BCUT2D eigenvalue weighted by Crippen LogP contribution is -2.00. The predicted molar refractivity (Wildman–Crippen MR) is 77.2 cm³/mol. The average Bonchev–Trinajstić information content (AvgIpc) is 2.73. The van der Waals surface area contributed by atoms with Gasteiger partial charge < -0.3 is 5.32 Å². The van der Waals surface area contributed by atoms with Crippen LogP contribution in [0.5, 0.6) is 0 Å². The number of hydrogen-bond donors (Lipinski definition) is 1. The number of non-ortho nitro benzene ring substituents is 1. The third-order valence-electron chi connectivity index (χ3n) is 2.57. The first-order valence-electron chi connectivity index (χ1n) is 5.28. The Labute approximate surface area is 117 Å². The maximum atomic E-state index is 10.7. The van der Waals surface area contributed by atoms with Gasteiger partial charge in [-0.15, -0.1) is 11.3 Å². The van der Waals surface area contributed by atoms with Crippen LogP contribution < -0.4 is 5.32 Å². The van der Waals surface area contributed by atoms with Gasteiger partial charge in [0.15, 0.2) is 0 Å². The molecule has 2 aromatic rings. The summed E-state index contributed by atoms with van der Waals surface area (Å²) in [6.45, 7) is 2.72. The summed E-state index contributed by atoms with van der Waals surface area (Å²) in [6.07, 6.45) is 0. The summed E-state index contributed by atoms with van der Waals surface area (Å²) in [5, 5.41) is 16.0. The Hall–Kier alpha value is -1.40. The van der Waals surface area contributed by atoms with Gasteiger partial charge in [-0.1, -0.05) is 0 Å². The third-order valence-corrected chi connectivity index (χ3v) is 4.28. The molecule has 1 aromatic heterocycles. The van der Waals surface area contributed by atoms with E-state index in [0.29, 0.717) is 6.54 Å². The maximum absolute atomic E-state index is 10.7. The number of hydrogen-bond acceptors (Lipinski definition) is 4. The lowest BCUT2D eigenvalue weighted by Gasteiger charge is -2.08. The van der Waals surface area contributed by atoms with Gasteiger partial charge in [0.25, 0.3) is 5.69 Å². The number of halogens is 1. The van der Waals surface area contributed by atoms with Crippen molar-refractivity contribution in [2.45, 2.75) is 13.5 Å². The van der Waals surface area contributed by atoms with E-state index in [2.05, 4.69) is 34.2 Å². The zero-order chi connectivity index (χ0) is 13.1. The smallest absolute Gasteiger partial charge is 0.271 e. The average molecular weight is 327 g/mol. The second kappa shape index (κ2) is 5.49. The minimum atomic E-state index is -0.395. The van der Waals surface area contributed by atoms with E-state index in [1.165, 1.54) is 22.6 Å². The first kappa shape index (κ1) is 13.0. The van der Waals surface area contributed by atoms with Gasteiger partial charge in [0.05, 0.1) is 10.6 Å². The molecule has 1 N–H and O–H groups in total. The summed E-state index contributed by atoms with van der Waals surface area (Å²) in [5.41, 5.74) is 2.05. The highest BCUT2D eigenvalue weighted by Crippen LogP contribution is 2.28. The molecule has 2 rings (SSSR count). The van der Waals surface area contributed by atoms with E-state index in [1.54, 1.807) is 17.4 Å². The van der Waals surface area contributed by atoms with Gasteiger partial charge in [0.1, 0.15) is 0 Å². The van der Waals surface area contributed by atoms with Gasteiger partial charge in [-0.2, -0.15) is 0 Å². The summed E-state index contributed by atoms with van der Waals surface area (Å²) in [4.78, 5) is 11.6. The fourth-order valence-corrected chi connectivity index (χ4v) is 2.76. The summed E-state index contributed by atoms with van der Waals surface area (Å²) in [5.74, 6) is 0. The predicted octanol–water partition coefficient (Wildman–Crippen LogP) is 4.34. The van der Waals surface area contributed by atoms with Crippen LogP contribution in [-0.4, -0.2) is 4.92 Å². The lowest BCUT2D eigenvalue weighted by molar-refractivity contribution is -0.384. The summed E-state index contributed by atoms with van der Waals surface area (Å²) >= 11 is 5.05. The molecule has 6 heteroatoms. The largest absolute Gasteiger partial charge is 0.379 e. The van der Waals surface area contributed by atoms with Crippen molar-refractivity contribution in [3.05, 3.63) is 54.7 Å². The molecular weight excluding hydrogens is 316 g/mol. The maximum Gasteiger partial charge on any atom is 0.271 e. The van der Waals surface area contributed by atoms with Crippen molar-refractivity contribution < 1.29 is 4.92 Å². The summed E-state index contributed by atoms with van der Waals surface area (Å²) in [7, 11) is 0. The first-order chi connectivity index (χ1) is 8.58. The molecule has 1 aromatic carbocycles. The van der Waals surface area contributed by atoms with Crippen LogP contribution in [-0.2, 0) is 6.54 Å². The van der Waals surface area contributed by atoms with Crippen LogP contribution in [0.2, 0.25) is 0 Å². The van der Waals surface area contributed by atoms with Crippen molar-refractivity contribution in [3.63, 3.8) is 0 Å². The Morgan fingerprint density at radius 3 is 2.83 bits per heavy atom. The molecular formula is C12H11BrN2O2S. The van der Waals surface area contributed by atoms with Crippen molar-refractivity contribution in [1.29, 1.82) is 0 Å². The zero-order valence-electron chi connectivity index (χ0n) is 9.64. The molecule has 0 saturated heterocycles. The standard InChI is InChI=1S/C12H11BrN2O2S/c1-8-4-5-18-12(8)7-14-11-6-9(15(16)17)2-3-10(11)13/h2-6,14H,7H2,1H3. The molecule has 0 fully saturated rings. The first-order valence-corrected chi connectivity index (χ1v) is 6.96. The van der Waals surface area contributed by atoms with E-state index in [1.807, 2.05) is 5.38 Å². The topological polar surface area (TPSA) is 55.2 Å². The minimum Gasteiger partial charge on any atom is -0.379 e. The number of aryl methyl sites for hydroxylation is 1. The Kier molecular flexibility index (Phi) is 3.98. The van der Waals surface area contributed by atoms with Crippen LogP contribution >= 0.6 is 27.3 Å². The molecule has 0 saturated carbocycles. The molecule has 0 spiro atoms. The summed E-state index contributed by atoms with van der Waals surface area (Å²) < 4.78 is 0.822. The van der Waals surface area contributed by atoms with Gasteiger partial charge in [0, 0.05) is 28.0 Å². The molecule has 0 bridgehead atoms. The zero-order valence-corrected chi connectivity index (χ0v) is 12.0. The van der Waals surface area contributed by atoms with Crippen LogP contribution in [0, 0.1) is 17.0 Å². The number of nitrogens with one attached hydrogen (secondary N) is 1. The van der Waals surface area contributed by atoms with Gasteiger partial charge in [0.2, 0.25) is 0 Å². The van der Waals surface area contributed by atoms with Crippen LogP contribution in [0.15, 0.2) is 34.1 Å². The van der Waals surface area contributed by atoms with Crippen molar-refractivity contribution in [2.24, 2.45) is 0 Å². The van der Waals surface area contributed by atoms with E-state index in [4.69, 9.17) is 0 Å². The van der Waals surface area contributed by atoms with E-state index < -0.39 is 4.92 Å². The molecule has 0 aliphatic carbocycles. The van der Waals surface area contributed by atoms with Crippen LogP contribution in [0.3, 0.4) is 0 Å². The highest BCUT2D eigenvalue weighted by atomic mass is 79.9. The highest BCUT2D eigenvalue weighted by Gasteiger charge is 2.09. The number of nitrogens with zero attached hydrogens (tertiary/aromatic N) is 1. The lowest BCUT2D eigenvalue weighted by atomic mass is 10.2. The van der Waals surface area contributed by atoms with Gasteiger partial charge in [-0.25, -0.2) is 0 Å². The molecule has 0 aliphatic heterocycles. The number of anilines is 1. The minimum absolute atomic E-state index is 0.0867. The fourth-order valence-electron chi connectivity index (χ4n) is 1.52. The second-order valence-corrected chi connectivity index (χ2v) is 5.66. The van der Waals surface area contributed by atoms with E-state index in [-0.39, 0.29) is 5.69 Å². The molecule has 0 amide bonds. The molecule has 94 valence electrons. The van der Waals surface area contributed by atoms with Gasteiger partial charge in [-0.05, 0) is 45.9 Å². The molecule has 0 atom stereocenters. The molecule has 1 heterocycles. The number of thiophene rings is 1. The van der Waals surface area contributed by atoms with Crippen LogP contribution in [0.4, 0.5) is 11.4 Å². The van der Waals surface area contributed by atoms with Crippen molar-refractivity contribution in [3.8, 4) is 0 Å². The molecule has 18 heavy (non-hydrogen) atoms. The van der Waals surface area contributed by atoms with Crippen LogP contribution in [0.25, 0.3) is 0 Å². The molecule has 0 radical (unpaired) electrons. The SMILES string of the molecule is Cc1ccsc1CNc1cc([N+](=O)[O-])ccc1Br. The second-order valence-electron chi connectivity index (χ2n) is 3.80. The third kappa shape index (κ3) is 2.88. The van der Waals surface area contributed by atoms with Gasteiger partial charge >= 0.3 is 0 Å². The fraction of sp³-hybridized carbons (Fsp3) is 0.167. The molecule has 4 nitrogen and oxygen atoms in total. The number of rotatable bonds is 4. The Morgan fingerprint density at radius 1 is 1.44 bits per heavy atom.